The first kappa shape index (κ1) is 15.5. The molecule has 1 saturated heterocycles. The summed E-state index contributed by atoms with van der Waals surface area (Å²) in [6.07, 6.45) is 7.43. The van der Waals surface area contributed by atoms with Crippen LogP contribution in [-0.4, -0.2) is 45.1 Å². The summed E-state index contributed by atoms with van der Waals surface area (Å²) in [5.74, 6) is 0.965. The van der Waals surface area contributed by atoms with Gasteiger partial charge >= 0.3 is 6.03 Å². The van der Waals surface area contributed by atoms with Crippen LogP contribution in [0.5, 0.6) is 0 Å². The van der Waals surface area contributed by atoms with E-state index in [1.165, 1.54) is 0 Å². The number of pyridine rings is 1. The molecule has 1 aliphatic rings. The molecule has 0 atom stereocenters. The zero-order valence-corrected chi connectivity index (χ0v) is 13.7. The number of hydrogen-bond donors (Lipinski definition) is 1. The van der Waals surface area contributed by atoms with Gasteiger partial charge in [-0.25, -0.2) is 9.78 Å². The van der Waals surface area contributed by atoms with Crippen molar-refractivity contribution < 1.29 is 4.79 Å². The van der Waals surface area contributed by atoms with Gasteiger partial charge in [0.05, 0.1) is 0 Å². The first-order valence-corrected chi connectivity index (χ1v) is 8.17. The molecule has 3 heterocycles. The van der Waals surface area contributed by atoms with E-state index in [4.69, 9.17) is 0 Å². The molecule has 6 heteroatoms. The van der Waals surface area contributed by atoms with Crippen molar-refractivity contribution in [3.8, 4) is 11.4 Å². The highest BCUT2D eigenvalue weighted by Gasteiger charge is 2.26. The molecule has 0 radical (unpaired) electrons. The van der Waals surface area contributed by atoms with Crippen LogP contribution in [-0.2, 0) is 0 Å². The second-order valence-corrected chi connectivity index (χ2v) is 5.89. The smallest absolute Gasteiger partial charge is 0.317 e. The van der Waals surface area contributed by atoms with E-state index in [0.29, 0.717) is 12.6 Å². The Bertz CT molecular complexity index is 659. The molecule has 122 valence electrons. The van der Waals surface area contributed by atoms with Gasteiger partial charge in [-0.3, -0.25) is 4.98 Å². The summed E-state index contributed by atoms with van der Waals surface area (Å²) in [6, 6.07) is 4.38. The number of aryl methyl sites for hydroxylation is 1. The minimum Gasteiger partial charge on any atom is -0.338 e. The van der Waals surface area contributed by atoms with Crippen LogP contribution in [0.1, 0.15) is 31.5 Å². The van der Waals surface area contributed by atoms with Gasteiger partial charge in [0.15, 0.2) is 0 Å². The average Bonchev–Trinajstić information content (AvgIpc) is 2.97. The largest absolute Gasteiger partial charge is 0.338 e. The number of carbonyl (C=O) groups is 1. The molecule has 2 aromatic heterocycles. The van der Waals surface area contributed by atoms with Crippen LogP contribution in [0.25, 0.3) is 11.4 Å². The van der Waals surface area contributed by atoms with Gasteiger partial charge in [-0.2, -0.15) is 0 Å². The van der Waals surface area contributed by atoms with Crippen LogP contribution >= 0.6 is 0 Å². The van der Waals surface area contributed by atoms with Gasteiger partial charge in [-0.15, -0.1) is 0 Å². The zero-order valence-electron chi connectivity index (χ0n) is 13.7. The van der Waals surface area contributed by atoms with Crippen LogP contribution < -0.4 is 5.32 Å². The van der Waals surface area contributed by atoms with Gasteiger partial charge in [-0.1, -0.05) is 0 Å². The predicted octanol–water partition coefficient (Wildman–Crippen LogP) is 2.62. The van der Waals surface area contributed by atoms with Gasteiger partial charge in [0.25, 0.3) is 0 Å². The van der Waals surface area contributed by atoms with E-state index in [-0.39, 0.29) is 6.03 Å². The first-order chi connectivity index (χ1) is 11.2. The predicted molar refractivity (Wildman–Crippen MR) is 89.1 cm³/mol. The van der Waals surface area contributed by atoms with E-state index >= 15 is 0 Å². The molecule has 0 bridgehead atoms. The molecular weight excluding hydrogens is 290 g/mol. The van der Waals surface area contributed by atoms with Crippen LogP contribution in [0.3, 0.4) is 0 Å². The Morgan fingerprint density at radius 2 is 2.13 bits per heavy atom. The fraction of sp³-hybridized carbons (Fsp3) is 0.471. The Morgan fingerprint density at radius 3 is 2.78 bits per heavy atom. The normalized spacial score (nSPS) is 15.7. The number of rotatable bonds is 3. The van der Waals surface area contributed by atoms with E-state index < -0.39 is 0 Å². The third-order valence-corrected chi connectivity index (χ3v) is 4.35. The number of nitrogens with zero attached hydrogens (tertiary/aromatic N) is 4. The highest BCUT2D eigenvalue weighted by atomic mass is 16.2. The van der Waals surface area contributed by atoms with Gasteiger partial charge in [0, 0.05) is 55.5 Å². The molecule has 0 spiro atoms. The molecule has 0 saturated carbocycles. The Morgan fingerprint density at radius 1 is 1.35 bits per heavy atom. The van der Waals surface area contributed by atoms with Crippen molar-refractivity contribution >= 4 is 6.03 Å². The Labute approximate surface area is 136 Å². The maximum atomic E-state index is 11.9. The summed E-state index contributed by atoms with van der Waals surface area (Å²) in [4.78, 5) is 22.6. The van der Waals surface area contributed by atoms with Crippen molar-refractivity contribution in [2.24, 2.45) is 0 Å². The topological polar surface area (TPSA) is 63.1 Å². The lowest BCUT2D eigenvalue weighted by Crippen LogP contribution is -2.44. The summed E-state index contributed by atoms with van der Waals surface area (Å²) in [6.45, 7) is 6.26. The molecule has 1 aliphatic heterocycles. The molecule has 0 aromatic carbocycles. The lowest BCUT2D eigenvalue weighted by atomic mass is 10.0. The molecule has 3 rings (SSSR count). The van der Waals surface area contributed by atoms with Crippen molar-refractivity contribution in [1.82, 2.24) is 24.8 Å². The van der Waals surface area contributed by atoms with Crippen LogP contribution in [0.2, 0.25) is 0 Å². The van der Waals surface area contributed by atoms with Crippen molar-refractivity contribution in [3.63, 3.8) is 0 Å². The molecule has 1 N–H and O–H groups in total. The number of aromatic nitrogens is 3. The van der Waals surface area contributed by atoms with E-state index in [9.17, 15) is 4.79 Å². The summed E-state index contributed by atoms with van der Waals surface area (Å²) in [5, 5.41) is 2.87. The summed E-state index contributed by atoms with van der Waals surface area (Å²) in [7, 11) is 0. The molecule has 1 fully saturated rings. The van der Waals surface area contributed by atoms with E-state index in [1.807, 2.05) is 36.4 Å². The number of urea groups is 1. The maximum Gasteiger partial charge on any atom is 0.317 e. The van der Waals surface area contributed by atoms with E-state index in [0.717, 1.165) is 43.0 Å². The van der Waals surface area contributed by atoms with Crippen LogP contribution in [0, 0.1) is 6.92 Å². The second-order valence-electron chi connectivity index (χ2n) is 5.89. The molecule has 6 nitrogen and oxygen atoms in total. The fourth-order valence-corrected chi connectivity index (χ4v) is 3.21. The van der Waals surface area contributed by atoms with Gasteiger partial charge in [-0.05, 0) is 38.8 Å². The molecule has 2 aromatic rings. The van der Waals surface area contributed by atoms with Crippen LogP contribution in [0.4, 0.5) is 4.79 Å². The van der Waals surface area contributed by atoms with Crippen molar-refractivity contribution in [2.75, 3.05) is 19.6 Å². The highest BCUT2D eigenvalue weighted by Crippen LogP contribution is 2.29. The van der Waals surface area contributed by atoms with Crippen molar-refractivity contribution in [1.29, 1.82) is 0 Å². The number of piperidine rings is 1. The zero-order chi connectivity index (χ0) is 16.2. The minimum atomic E-state index is 0.0424. The fourth-order valence-electron chi connectivity index (χ4n) is 3.21. The average molecular weight is 313 g/mol. The summed E-state index contributed by atoms with van der Waals surface area (Å²) in [5.41, 5.74) is 2.19. The third-order valence-electron chi connectivity index (χ3n) is 4.35. The number of nitrogens with one attached hydrogen (secondary N) is 1. The number of likely N-dealkylation sites (tertiary alicyclic amines) is 1. The van der Waals surface area contributed by atoms with Gasteiger partial charge < -0.3 is 14.8 Å². The van der Waals surface area contributed by atoms with Gasteiger partial charge in [0.2, 0.25) is 0 Å². The molecule has 23 heavy (non-hydrogen) atoms. The molecular formula is C17H23N5O. The quantitative estimate of drug-likeness (QED) is 0.947. The molecule has 2 amide bonds. The number of amides is 2. The number of hydrogen-bond acceptors (Lipinski definition) is 3. The number of imidazole rings is 1. The Hall–Kier alpha value is -2.37. The second kappa shape index (κ2) is 6.81. The lowest BCUT2D eigenvalue weighted by molar-refractivity contribution is 0.172. The van der Waals surface area contributed by atoms with Gasteiger partial charge in [0.1, 0.15) is 5.82 Å². The SMILES string of the molecule is CCNC(=O)N1CCC(n2c(C)cnc2-c2cccnc2)CC1. The van der Waals surface area contributed by atoms with E-state index in [2.05, 4.69) is 26.8 Å². The standard InChI is InChI=1S/C17H23N5O/c1-3-19-17(23)21-9-6-15(7-10-21)22-13(2)11-20-16(22)14-5-4-8-18-12-14/h4-5,8,11-12,15H,3,6-7,9-10H2,1-2H3,(H,19,23). The Balaban J connectivity index is 1.77. The monoisotopic (exact) mass is 313 g/mol. The van der Waals surface area contributed by atoms with Crippen LogP contribution in [0.15, 0.2) is 30.7 Å². The third kappa shape index (κ3) is 3.21. The first-order valence-electron chi connectivity index (χ1n) is 8.17. The molecule has 0 unspecified atom stereocenters. The summed E-state index contributed by atoms with van der Waals surface area (Å²) >= 11 is 0. The molecule has 0 aliphatic carbocycles. The maximum absolute atomic E-state index is 11.9. The lowest BCUT2D eigenvalue weighted by Gasteiger charge is -2.33. The summed E-state index contributed by atoms with van der Waals surface area (Å²) < 4.78 is 2.30. The van der Waals surface area contributed by atoms with Crippen molar-refractivity contribution in [2.45, 2.75) is 32.7 Å². The number of carbonyl (C=O) groups excluding carboxylic acids is 1. The highest BCUT2D eigenvalue weighted by molar-refractivity contribution is 5.74. The Kier molecular flexibility index (Phi) is 4.60. The minimum absolute atomic E-state index is 0.0424. The van der Waals surface area contributed by atoms with Crippen molar-refractivity contribution in [3.05, 3.63) is 36.4 Å². The van der Waals surface area contributed by atoms with E-state index in [1.54, 1.807) is 6.20 Å².